The number of nitrogens with one attached hydrogen (secondary N) is 1. The van der Waals surface area contributed by atoms with Gasteiger partial charge in [0.1, 0.15) is 6.04 Å². The van der Waals surface area contributed by atoms with E-state index in [4.69, 9.17) is 5.11 Å². The maximum atomic E-state index is 12.2. The third kappa shape index (κ3) is 4.83. The van der Waals surface area contributed by atoms with E-state index in [0.29, 0.717) is 5.56 Å². The topological polar surface area (TPSA) is 110 Å². The largest absolute Gasteiger partial charge is 0.480 e. The monoisotopic (exact) mass is 315 g/mol. The first-order chi connectivity index (χ1) is 9.77. The number of carbonyl (C=O) groups is 2. The van der Waals surface area contributed by atoms with Crippen LogP contribution < -0.4 is 4.72 Å². The quantitative estimate of drug-likeness (QED) is 0.716. The Labute approximate surface area is 123 Å². The van der Waals surface area contributed by atoms with Crippen LogP contribution in [0.1, 0.15) is 18.4 Å². The molecule has 8 heteroatoms. The van der Waals surface area contributed by atoms with Crippen molar-refractivity contribution in [1.29, 1.82) is 0 Å². The summed E-state index contributed by atoms with van der Waals surface area (Å²) in [5.74, 6) is -1.95. The first-order valence-electron chi connectivity index (χ1n) is 6.15. The Hall–Kier alpha value is -1.93. The fraction of sp³-hybridized carbons (Fsp3) is 0.385. The number of rotatable bonds is 7. The molecule has 0 aliphatic heterocycles. The van der Waals surface area contributed by atoms with Crippen molar-refractivity contribution in [3.63, 3.8) is 0 Å². The fourth-order valence-electron chi connectivity index (χ4n) is 1.71. The van der Waals surface area contributed by atoms with Gasteiger partial charge >= 0.3 is 11.9 Å². The lowest BCUT2D eigenvalue weighted by atomic mass is 10.2. The highest BCUT2D eigenvalue weighted by Gasteiger charge is 2.26. The average molecular weight is 315 g/mol. The molecule has 0 saturated carbocycles. The summed E-state index contributed by atoms with van der Waals surface area (Å²) < 4.78 is 30.9. The van der Waals surface area contributed by atoms with Gasteiger partial charge in [0.05, 0.1) is 12.0 Å². The summed E-state index contributed by atoms with van der Waals surface area (Å²) in [6.45, 7) is 1.61. The summed E-state index contributed by atoms with van der Waals surface area (Å²) in [6, 6.07) is 4.83. The van der Waals surface area contributed by atoms with Crippen LogP contribution >= 0.6 is 0 Å². The molecule has 0 unspecified atom stereocenters. The van der Waals surface area contributed by atoms with Crippen LogP contribution in [0.4, 0.5) is 0 Å². The number of carboxylic acid groups (broad SMARTS) is 1. The summed E-state index contributed by atoms with van der Waals surface area (Å²) in [7, 11) is -2.80. The molecule has 116 valence electrons. The van der Waals surface area contributed by atoms with Gasteiger partial charge in [0.25, 0.3) is 0 Å². The number of aliphatic carboxylic acids is 1. The van der Waals surface area contributed by atoms with Crippen LogP contribution in [0, 0.1) is 6.92 Å². The molecule has 0 radical (unpaired) electrons. The standard InChI is InChI=1S/C13H17NO6S/c1-9-5-3-4-6-11(9)21(18,19)14-10(13(16)17)7-8-12(15)20-2/h3-6,10,14H,7-8H2,1-2H3,(H,16,17)/t10-/m1/s1. The van der Waals surface area contributed by atoms with Gasteiger partial charge in [-0.2, -0.15) is 4.72 Å². The van der Waals surface area contributed by atoms with Gasteiger partial charge < -0.3 is 9.84 Å². The summed E-state index contributed by atoms with van der Waals surface area (Å²) in [6.07, 6.45) is -0.378. The lowest BCUT2D eigenvalue weighted by molar-refractivity contribution is -0.142. The summed E-state index contributed by atoms with van der Waals surface area (Å²) in [5, 5.41) is 9.06. The number of hydrogen-bond donors (Lipinski definition) is 2. The maximum absolute atomic E-state index is 12.2. The molecule has 2 N–H and O–H groups in total. The first-order valence-corrected chi connectivity index (χ1v) is 7.64. The molecule has 1 aromatic rings. The highest BCUT2D eigenvalue weighted by molar-refractivity contribution is 7.89. The minimum absolute atomic E-state index is 0.00863. The molecule has 0 fully saturated rings. The van der Waals surface area contributed by atoms with Gasteiger partial charge in [-0.1, -0.05) is 18.2 Å². The zero-order chi connectivity index (χ0) is 16.0. The molecule has 0 bridgehead atoms. The molecule has 0 spiro atoms. The van der Waals surface area contributed by atoms with Gasteiger partial charge in [-0.25, -0.2) is 8.42 Å². The van der Waals surface area contributed by atoms with Gasteiger partial charge in [0.15, 0.2) is 0 Å². The number of sulfonamides is 1. The molecule has 0 saturated heterocycles. The number of esters is 1. The smallest absolute Gasteiger partial charge is 0.321 e. The van der Waals surface area contributed by atoms with Gasteiger partial charge in [-0.15, -0.1) is 0 Å². The molecule has 0 aliphatic carbocycles. The first kappa shape index (κ1) is 17.1. The van der Waals surface area contributed by atoms with Crippen LogP contribution in [-0.4, -0.2) is 38.6 Å². The molecule has 1 aromatic carbocycles. The van der Waals surface area contributed by atoms with Crippen molar-refractivity contribution in [2.45, 2.75) is 30.7 Å². The zero-order valence-electron chi connectivity index (χ0n) is 11.7. The van der Waals surface area contributed by atoms with E-state index < -0.39 is 28.0 Å². The van der Waals surface area contributed by atoms with Crippen LogP contribution in [0.2, 0.25) is 0 Å². The Morgan fingerprint density at radius 2 is 1.95 bits per heavy atom. The molecular formula is C13H17NO6S. The molecule has 0 heterocycles. The minimum Gasteiger partial charge on any atom is -0.480 e. The van der Waals surface area contributed by atoms with Gasteiger partial charge in [0, 0.05) is 6.42 Å². The maximum Gasteiger partial charge on any atom is 0.321 e. The third-order valence-corrected chi connectivity index (χ3v) is 4.48. The molecule has 1 rings (SSSR count). The summed E-state index contributed by atoms with van der Waals surface area (Å²) in [4.78, 5) is 22.2. The highest BCUT2D eigenvalue weighted by atomic mass is 32.2. The molecule has 1 atom stereocenters. The van der Waals surface area contributed by atoms with E-state index in [1.54, 1.807) is 25.1 Å². The Morgan fingerprint density at radius 3 is 2.48 bits per heavy atom. The molecule has 0 amide bonds. The minimum atomic E-state index is -3.97. The molecule has 21 heavy (non-hydrogen) atoms. The van der Waals surface area contributed by atoms with Gasteiger partial charge in [-0.3, -0.25) is 9.59 Å². The van der Waals surface area contributed by atoms with Crippen molar-refractivity contribution in [3.8, 4) is 0 Å². The van der Waals surface area contributed by atoms with Crippen LogP contribution in [0.3, 0.4) is 0 Å². The Morgan fingerprint density at radius 1 is 1.33 bits per heavy atom. The SMILES string of the molecule is COC(=O)CC[C@@H](NS(=O)(=O)c1ccccc1C)C(=O)O. The second kappa shape index (κ2) is 7.19. The van der Waals surface area contributed by atoms with Gasteiger partial charge in [-0.05, 0) is 25.0 Å². The van der Waals surface area contributed by atoms with Crippen LogP contribution in [0.25, 0.3) is 0 Å². The molecular weight excluding hydrogens is 298 g/mol. The number of methoxy groups -OCH3 is 1. The fourth-order valence-corrected chi connectivity index (χ4v) is 3.18. The Bertz CT molecular complexity index is 625. The zero-order valence-corrected chi connectivity index (χ0v) is 12.5. The lowest BCUT2D eigenvalue weighted by Gasteiger charge is -2.15. The van der Waals surface area contributed by atoms with Crippen molar-refractivity contribution >= 4 is 22.0 Å². The van der Waals surface area contributed by atoms with Gasteiger partial charge in [0.2, 0.25) is 10.0 Å². The number of hydrogen-bond acceptors (Lipinski definition) is 5. The summed E-state index contributed by atoms with van der Waals surface area (Å²) in [5.41, 5.74) is 0.502. The van der Waals surface area contributed by atoms with E-state index in [9.17, 15) is 18.0 Å². The van der Waals surface area contributed by atoms with E-state index in [1.165, 1.54) is 13.2 Å². The highest BCUT2D eigenvalue weighted by Crippen LogP contribution is 2.15. The van der Waals surface area contributed by atoms with Crippen LogP contribution in [0.15, 0.2) is 29.2 Å². The van der Waals surface area contributed by atoms with Crippen molar-refractivity contribution < 1.29 is 27.9 Å². The number of carboxylic acids is 1. The van der Waals surface area contributed by atoms with E-state index in [-0.39, 0.29) is 17.7 Å². The number of aryl methyl sites for hydroxylation is 1. The van der Waals surface area contributed by atoms with Crippen molar-refractivity contribution in [3.05, 3.63) is 29.8 Å². The predicted octanol–water partition coefficient (Wildman–Crippen LogP) is 0.680. The second-order valence-corrected chi connectivity index (χ2v) is 6.07. The second-order valence-electron chi connectivity index (χ2n) is 4.39. The number of carbonyl (C=O) groups excluding carboxylic acids is 1. The normalized spacial score (nSPS) is 12.7. The van der Waals surface area contributed by atoms with E-state index in [1.807, 2.05) is 0 Å². The van der Waals surface area contributed by atoms with E-state index >= 15 is 0 Å². The van der Waals surface area contributed by atoms with Crippen molar-refractivity contribution in [2.75, 3.05) is 7.11 Å². The average Bonchev–Trinajstić information content (AvgIpc) is 2.42. The number of benzene rings is 1. The van der Waals surface area contributed by atoms with Crippen LogP contribution in [0.5, 0.6) is 0 Å². The summed E-state index contributed by atoms with van der Waals surface area (Å²) >= 11 is 0. The number of ether oxygens (including phenoxy) is 1. The third-order valence-electron chi connectivity index (χ3n) is 2.84. The molecule has 7 nitrogen and oxygen atoms in total. The lowest BCUT2D eigenvalue weighted by Crippen LogP contribution is -2.41. The molecule has 0 aromatic heterocycles. The van der Waals surface area contributed by atoms with Crippen LogP contribution in [-0.2, 0) is 24.3 Å². The molecule has 0 aliphatic rings. The predicted molar refractivity (Wildman–Crippen MR) is 74.2 cm³/mol. The Kier molecular flexibility index (Phi) is 5.86. The van der Waals surface area contributed by atoms with E-state index in [0.717, 1.165) is 0 Å². The Balaban J connectivity index is 2.90. The van der Waals surface area contributed by atoms with Crippen molar-refractivity contribution in [2.24, 2.45) is 0 Å². The van der Waals surface area contributed by atoms with E-state index in [2.05, 4.69) is 9.46 Å². The van der Waals surface area contributed by atoms with Crippen molar-refractivity contribution in [1.82, 2.24) is 4.72 Å².